The molecule has 0 saturated carbocycles. The summed E-state index contributed by atoms with van der Waals surface area (Å²) in [6.07, 6.45) is -3.58. The van der Waals surface area contributed by atoms with E-state index in [0.29, 0.717) is 18.2 Å². The first-order valence-corrected chi connectivity index (χ1v) is 7.34. The minimum Gasteiger partial charge on any atom is -0.455 e. The van der Waals surface area contributed by atoms with Crippen molar-refractivity contribution in [3.05, 3.63) is 37.6 Å². The standard InChI is InChI=1S/C14H12F3IO3/c1-2-3-9-12(19)10-6-8(18)4-5-11(10)21-13(9)20-7-14(15,16)17/h4-6H,2-3,7H2,1H3. The summed E-state index contributed by atoms with van der Waals surface area (Å²) in [5.41, 5.74) is 0.0301. The summed E-state index contributed by atoms with van der Waals surface area (Å²) in [7, 11) is 0. The smallest absolute Gasteiger partial charge is 0.422 e. The molecule has 0 amide bonds. The van der Waals surface area contributed by atoms with Gasteiger partial charge in [-0.1, -0.05) is 13.3 Å². The molecule has 0 radical (unpaired) electrons. The number of alkyl halides is 3. The predicted octanol–water partition coefficient (Wildman–Crippen LogP) is 4.29. The third-order valence-corrected chi connectivity index (χ3v) is 3.45. The average Bonchev–Trinajstić information content (AvgIpc) is 2.40. The van der Waals surface area contributed by atoms with Crippen molar-refractivity contribution < 1.29 is 22.3 Å². The van der Waals surface area contributed by atoms with Gasteiger partial charge < -0.3 is 9.15 Å². The maximum atomic E-state index is 12.4. The molecule has 1 aromatic heterocycles. The Morgan fingerprint density at radius 3 is 2.67 bits per heavy atom. The van der Waals surface area contributed by atoms with Crippen molar-refractivity contribution in [2.45, 2.75) is 25.9 Å². The summed E-state index contributed by atoms with van der Waals surface area (Å²) in [4.78, 5) is 12.4. The molecule has 0 N–H and O–H groups in total. The summed E-state index contributed by atoms with van der Waals surface area (Å²) >= 11 is 2.05. The Morgan fingerprint density at radius 2 is 2.05 bits per heavy atom. The second-order valence-electron chi connectivity index (χ2n) is 4.49. The zero-order valence-corrected chi connectivity index (χ0v) is 13.2. The van der Waals surface area contributed by atoms with Crippen LogP contribution in [0.3, 0.4) is 0 Å². The molecule has 0 atom stereocenters. The predicted molar refractivity (Wildman–Crippen MR) is 80.7 cm³/mol. The lowest BCUT2D eigenvalue weighted by Crippen LogP contribution is -2.21. The summed E-state index contributed by atoms with van der Waals surface area (Å²) < 4.78 is 47.7. The van der Waals surface area contributed by atoms with E-state index < -0.39 is 12.8 Å². The SMILES string of the molecule is CCCc1c(OCC(F)(F)F)oc2ccc(I)cc2c1=O. The molecule has 2 aromatic rings. The highest BCUT2D eigenvalue weighted by atomic mass is 127. The van der Waals surface area contributed by atoms with Crippen LogP contribution in [0.4, 0.5) is 13.2 Å². The van der Waals surface area contributed by atoms with Gasteiger partial charge in [-0.05, 0) is 47.2 Å². The van der Waals surface area contributed by atoms with Crippen LogP contribution in [0.5, 0.6) is 5.95 Å². The lowest BCUT2D eigenvalue weighted by Gasteiger charge is -2.12. The van der Waals surface area contributed by atoms with Crippen LogP contribution < -0.4 is 10.2 Å². The number of hydrogen-bond donors (Lipinski definition) is 0. The molecule has 2 rings (SSSR count). The first kappa shape index (κ1) is 16.1. The van der Waals surface area contributed by atoms with Gasteiger partial charge in [-0.15, -0.1) is 0 Å². The molecule has 0 aliphatic heterocycles. The minimum atomic E-state index is -4.48. The average molecular weight is 412 g/mol. The number of rotatable bonds is 4. The lowest BCUT2D eigenvalue weighted by molar-refractivity contribution is -0.156. The molecule has 7 heteroatoms. The molecule has 0 spiro atoms. The fraction of sp³-hybridized carbons (Fsp3) is 0.357. The van der Waals surface area contributed by atoms with E-state index in [1.165, 1.54) is 0 Å². The van der Waals surface area contributed by atoms with Crippen molar-refractivity contribution in [2.75, 3.05) is 6.61 Å². The van der Waals surface area contributed by atoms with Gasteiger partial charge in [0.05, 0.1) is 10.9 Å². The fourth-order valence-corrected chi connectivity index (χ4v) is 2.41. The molecule has 1 aromatic carbocycles. The zero-order valence-electron chi connectivity index (χ0n) is 11.1. The zero-order chi connectivity index (χ0) is 15.6. The monoisotopic (exact) mass is 412 g/mol. The van der Waals surface area contributed by atoms with Crippen LogP contribution in [-0.2, 0) is 6.42 Å². The summed E-state index contributed by atoms with van der Waals surface area (Å²) in [5.74, 6) is -0.340. The number of halogens is 4. The van der Waals surface area contributed by atoms with Gasteiger partial charge in [0.15, 0.2) is 12.0 Å². The molecule has 0 unspecified atom stereocenters. The van der Waals surface area contributed by atoms with Crippen molar-refractivity contribution in [1.82, 2.24) is 0 Å². The van der Waals surface area contributed by atoms with Gasteiger partial charge in [0, 0.05) is 3.57 Å². The Balaban J connectivity index is 2.55. The van der Waals surface area contributed by atoms with Crippen LogP contribution >= 0.6 is 22.6 Å². The van der Waals surface area contributed by atoms with Crippen molar-refractivity contribution in [3.8, 4) is 5.95 Å². The van der Waals surface area contributed by atoms with Gasteiger partial charge in [-0.2, -0.15) is 13.2 Å². The quantitative estimate of drug-likeness (QED) is 0.704. The highest BCUT2D eigenvalue weighted by Crippen LogP contribution is 2.26. The van der Waals surface area contributed by atoms with Gasteiger partial charge in [0.1, 0.15) is 5.58 Å². The number of hydrogen-bond acceptors (Lipinski definition) is 3. The van der Waals surface area contributed by atoms with Crippen molar-refractivity contribution in [3.63, 3.8) is 0 Å². The molecule has 0 bridgehead atoms. The minimum absolute atomic E-state index is 0.149. The highest BCUT2D eigenvalue weighted by Gasteiger charge is 2.30. The topological polar surface area (TPSA) is 39.4 Å². The van der Waals surface area contributed by atoms with E-state index in [1.807, 2.05) is 6.92 Å². The summed E-state index contributed by atoms with van der Waals surface area (Å²) in [6.45, 7) is 0.342. The lowest BCUT2D eigenvalue weighted by atomic mass is 10.1. The molecule has 0 aliphatic carbocycles. The Kier molecular flexibility index (Phi) is 4.80. The van der Waals surface area contributed by atoms with Gasteiger partial charge in [0.2, 0.25) is 0 Å². The van der Waals surface area contributed by atoms with Crippen molar-refractivity contribution in [1.29, 1.82) is 0 Å². The second kappa shape index (κ2) is 6.25. The Morgan fingerprint density at radius 1 is 1.33 bits per heavy atom. The molecule has 0 aliphatic rings. The Labute approximate surface area is 132 Å². The Hall–Kier alpha value is -1.25. The maximum Gasteiger partial charge on any atom is 0.422 e. The number of benzene rings is 1. The van der Waals surface area contributed by atoms with Crippen LogP contribution in [0, 0.1) is 3.57 Å². The second-order valence-corrected chi connectivity index (χ2v) is 5.74. The Bertz CT molecular complexity index is 707. The molecular weight excluding hydrogens is 400 g/mol. The third kappa shape index (κ3) is 3.90. The fourth-order valence-electron chi connectivity index (χ4n) is 1.91. The summed E-state index contributed by atoms with van der Waals surface area (Å²) in [6, 6.07) is 4.90. The highest BCUT2D eigenvalue weighted by molar-refractivity contribution is 14.1. The first-order valence-electron chi connectivity index (χ1n) is 6.26. The van der Waals surface area contributed by atoms with Gasteiger partial charge in [-0.25, -0.2) is 0 Å². The first-order chi connectivity index (χ1) is 9.81. The molecule has 1 heterocycles. The van der Waals surface area contributed by atoms with Crippen LogP contribution in [0.15, 0.2) is 27.4 Å². The molecular formula is C14H12F3IO3. The summed E-state index contributed by atoms with van der Waals surface area (Å²) in [5, 5.41) is 0.352. The molecule has 114 valence electrons. The number of fused-ring (bicyclic) bond motifs is 1. The van der Waals surface area contributed by atoms with E-state index >= 15 is 0 Å². The van der Waals surface area contributed by atoms with E-state index in [1.54, 1.807) is 18.2 Å². The molecule has 21 heavy (non-hydrogen) atoms. The van der Waals surface area contributed by atoms with E-state index in [-0.39, 0.29) is 22.5 Å². The number of ether oxygens (including phenoxy) is 1. The van der Waals surface area contributed by atoms with E-state index in [0.717, 1.165) is 3.57 Å². The van der Waals surface area contributed by atoms with Crippen LogP contribution in [0.25, 0.3) is 11.0 Å². The maximum absolute atomic E-state index is 12.4. The van der Waals surface area contributed by atoms with Gasteiger partial charge >= 0.3 is 6.18 Å². The molecule has 0 saturated heterocycles. The van der Waals surface area contributed by atoms with Gasteiger partial charge in [-0.3, -0.25) is 4.79 Å². The van der Waals surface area contributed by atoms with Crippen molar-refractivity contribution >= 4 is 33.6 Å². The molecule has 0 fully saturated rings. The van der Waals surface area contributed by atoms with E-state index in [4.69, 9.17) is 4.42 Å². The third-order valence-electron chi connectivity index (χ3n) is 2.78. The largest absolute Gasteiger partial charge is 0.455 e. The van der Waals surface area contributed by atoms with Gasteiger partial charge in [0.25, 0.3) is 5.95 Å². The van der Waals surface area contributed by atoms with Crippen LogP contribution in [0.2, 0.25) is 0 Å². The normalized spacial score (nSPS) is 11.9. The van der Waals surface area contributed by atoms with Crippen LogP contribution in [0.1, 0.15) is 18.9 Å². The van der Waals surface area contributed by atoms with Crippen LogP contribution in [-0.4, -0.2) is 12.8 Å². The van der Waals surface area contributed by atoms with E-state index in [2.05, 4.69) is 27.3 Å². The van der Waals surface area contributed by atoms with E-state index in [9.17, 15) is 18.0 Å². The molecule has 3 nitrogen and oxygen atoms in total. The van der Waals surface area contributed by atoms with Crippen molar-refractivity contribution in [2.24, 2.45) is 0 Å².